The van der Waals surface area contributed by atoms with Gasteiger partial charge in [-0.2, -0.15) is 0 Å². The van der Waals surface area contributed by atoms with Gasteiger partial charge in [0.2, 0.25) is 11.8 Å². The highest BCUT2D eigenvalue weighted by molar-refractivity contribution is 6.05. The summed E-state index contributed by atoms with van der Waals surface area (Å²) >= 11 is 0. The SMILES string of the molecule is C=CCN(CCC)C(=O)[C@@H]1[C@H]2C(=O)N([C@@H](CO)Cc3ccccc3)C(C(=O)N(CC=C)c3ccc(N(CC)CC)cc3)C23CC[C@@]1(CC)O3. The van der Waals surface area contributed by atoms with Gasteiger partial charge in [0, 0.05) is 44.1 Å². The number of hydrogen-bond donors (Lipinski definition) is 1. The molecule has 2 bridgehead atoms. The molecular weight excluding hydrogens is 616 g/mol. The van der Waals surface area contributed by atoms with Crippen molar-refractivity contribution in [1.82, 2.24) is 9.80 Å². The molecule has 2 aromatic rings. The molecule has 3 fully saturated rings. The summed E-state index contributed by atoms with van der Waals surface area (Å²) in [7, 11) is 0. The Hall–Kier alpha value is -3.95. The van der Waals surface area contributed by atoms with Crippen molar-refractivity contribution >= 4 is 29.1 Å². The molecule has 2 aromatic carbocycles. The predicted molar refractivity (Wildman–Crippen MR) is 194 cm³/mol. The number of benzene rings is 2. The van der Waals surface area contributed by atoms with Crippen LogP contribution in [-0.4, -0.2) is 95.2 Å². The fourth-order valence-electron chi connectivity index (χ4n) is 8.79. The van der Waals surface area contributed by atoms with Gasteiger partial charge >= 0.3 is 0 Å². The number of ether oxygens (including phenoxy) is 1. The highest BCUT2D eigenvalue weighted by atomic mass is 16.5. The lowest BCUT2D eigenvalue weighted by Gasteiger charge is -2.39. The second-order valence-electron chi connectivity index (χ2n) is 13.6. The van der Waals surface area contributed by atoms with E-state index in [0.29, 0.717) is 44.5 Å². The first-order valence-electron chi connectivity index (χ1n) is 18.0. The molecule has 9 heteroatoms. The van der Waals surface area contributed by atoms with E-state index in [1.807, 2.05) is 68.4 Å². The van der Waals surface area contributed by atoms with Crippen LogP contribution < -0.4 is 9.80 Å². The number of aliphatic hydroxyl groups is 1. The van der Waals surface area contributed by atoms with Gasteiger partial charge in [-0.3, -0.25) is 14.4 Å². The summed E-state index contributed by atoms with van der Waals surface area (Å²) in [5.41, 5.74) is 0.592. The van der Waals surface area contributed by atoms with Gasteiger partial charge in [-0.05, 0) is 75.8 Å². The smallest absolute Gasteiger partial charge is 0.253 e. The number of anilines is 2. The third-order valence-corrected chi connectivity index (χ3v) is 11.1. The Morgan fingerprint density at radius 3 is 2.18 bits per heavy atom. The molecule has 0 saturated carbocycles. The van der Waals surface area contributed by atoms with E-state index in [2.05, 4.69) is 31.9 Å². The average molecular weight is 671 g/mol. The second-order valence-corrected chi connectivity index (χ2v) is 13.6. The van der Waals surface area contributed by atoms with Crippen molar-refractivity contribution in [2.45, 2.75) is 83.1 Å². The van der Waals surface area contributed by atoms with Crippen molar-refractivity contribution < 1.29 is 24.2 Å². The molecular formula is C40H54N4O5. The largest absolute Gasteiger partial charge is 0.394 e. The molecule has 3 amide bonds. The number of likely N-dealkylation sites (tertiary alicyclic amines) is 1. The maximum absolute atomic E-state index is 15.2. The zero-order valence-electron chi connectivity index (χ0n) is 29.7. The fourth-order valence-corrected chi connectivity index (χ4v) is 8.79. The van der Waals surface area contributed by atoms with E-state index in [4.69, 9.17) is 4.74 Å². The summed E-state index contributed by atoms with van der Waals surface area (Å²) in [5, 5.41) is 10.9. The lowest BCUT2D eigenvalue weighted by molar-refractivity contribution is -0.153. The number of rotatable bonds is 17. The van der Waals surface area contributed by atoms with Crippen LogP contribution in [0.15, 0.2) is 79.9 Å². The zero-order valence-corrected chi connectivity index (χ0v) is 29.7. The van der Waals surface area contributed by atoms with Crippen LogP contribution in [0.2, 0.25) is 0 Å². The number of amides is 3. The van der Waals surface area contributed by atoms with Crippen LogP contribution in [0.3, 0.4) is 0 Å². The number of aliphatic hydroxyl groups excluding tert-OH is 1. The first-order chi connectivity index (χ1) is 23.7. The molecule has 0 aromatic heterocycles. The number of carbonyl (C=O) groups excluding carboxylic acids is 3. The monoisotopic (exact) mass is 670 g/mol. The van der Waals surface area contributed by atoms with E-state index >= 15 is 9.59 Å². The van der Waals surface area contributed by atoms with Gasteiger partial charge in [-0.15, -0.1) is 13.2 Å². The van der Waals surface area contributed by atoms with Gasteiger partial charge in [0.1, 0.15) is 11.6 Å². The van der Waals surface area contributed by atoms with E-state index < -0.39 is 35.1 Å². The molecule has 0 radical (unpaired) electrons. The Balaban J connectivity index is 1.63. The highest BCUT2D eigenvalue weighted by Crippen LogP contribution is 2.65. The maximum atomic E-state index is 15.2. The van der Waals surface area contributed by atoms with Gasteiger partial charge in [0.05, 0.1) is 30.1 Å². The minimum absolute atomic E-state index is 0.130. The summed E-state index contributed by atoms with van der Waals surface area (Å²) in [5.74, 6) is -2.33. The van der Waals surface area contributed by atoms with Gasteiger partial charge in [-0.1, -0.05) is 56.3 Å². The minimum atomic E-state index is -1.22. The zero-order chi connectivity index (χ0) is 35.3. The van der Waals surface area contributed by atoms with Crippen molar-refractivity contribution in [2.75, 3.05) is 49.1 Å². The third kappa shape index (κ3) is 6.32. The first-order valence-corrected chi connectivity index (χ1v) is 18.0. The lowest BCUT2D eigenvalue weighted by atomic mass is 9.64. The Labute approximate surface area is 292 Å². The van der Waals surface area contributed by atoms with Crippen LogP contribution in [0.1, 0.15) is 58.9 Å². The normalized spacial score (nSPS) is 25.9. The molecule has 6 atom stereocenters. The minimum Gasteiger partial charge on any atom is -0.394 e. The molecule has 3 aliphatic heterocycles. The van der Waals surface area contributed by atoms with E-state index in [1.165, 1.54) is 0 Å². The number of fused-ring (bicyclic) bond motifs is 1. The van der Waals surface area contributed by atoms with E-state index in [-0.39, 0.29) is 30.9 Å². The average Bonchev–Trinajstić information content (AvgIpc) is 3.73. The quantitative estimate of drug-likeness (QED) is 0.232. The van der Waals surface area contributed by atoms with Crippen LogP contribution in [0.4, 0.5) is 11.4 Å². The molecule has 1 spiro atoms. The Morgan fingerprint density at radius 2 is 1.61 bits per heavy atom. The van der Waals surface area contributed by atoms with Crippen molar-refractivity contribution in [3.8, 4) is 0 Å². The summed E-state index contributed by atoms with van der Waals surface area (Å²) in [6.07, 6.45) is 6.09. The molecule has 49 heavy (non-hydrogen) atoms. The molecule has 3 saturated heterocycles. The summed E-state index contributed by atoms with van der Waals surface area (Å²) in [6.45, 7) is 18.6. The van der Waals surface area contributed by atoms with Crippen molar-refractivity contribution in [3.05, 3.63) is 85.5 Å². The van der Waals surface area contributed by atoms with Crippen LogP contribution in [0.5, 0.6) is 0 Å². The van der Waals surface area contributed by atoms with Gasteiger partial charge < -0.3 is 29.4 Å². The van der Waals surface area contributed by atoms with E-state index in [0.717, 1.165) is 30.8 Å². The summed E-state index contributed by atoms with van der Waals surface area (Å²) in [4.78, 5) is 52.1. The lowest BCUT2D eigenvalue weighted by Crippen LogP contribution is -2.59. The van der Waals surface area contributed by atoms with Gasteiger partial charge in [0.25, 0.3) is 5.91 Å². The number of hydrogen-bond acceptors (Lipinski definition) is 6. The summed E-state index contributed by atoms with van der Waals surface area (Å²) in [6, 6.07) is 15.8. The molecule has 2 unspecified atom stereocenters. The van der Waals surface area contributed by atoms with Gasteiger partial charge in [0.15, 0.2) is 0 Å². The highest BCUT2D eigenvalue weighted by Gasteiger charge is 2.79. The molecule has 3 aliphatic rings. The van der Waals surface area contributed by atoms with E-state index in [9.17, 15) is 9.90 Å². The number of carbonyl (C=O) groups is 3. The van der Waals surface area contributed by atoms with Crippen molar-refractivity contribution in [3.63, 3.8) is 0 Å². The molecule has 3 heterocycles. The second kappa shape index (κ2) is 15.3. The fraction of sp³-hybridized carbons (Fsp3) is 0.525. The molecule has 264 valence electrons. The van der Waals surface area contributed by atoms with Crippen LogP contribution in [0.25, 0.3) is 0 Å². The van der Waals surface area contributed by atoms with E-state index in [1.54, 1.807) is 26.9 Å². The van der Waals surface area contributed by atoms with Gasteiger partial charge in [-0.25, -0.2) is 0 Å². The Kier molecular flexibility index (Phi) is 11.3. The standard InChI is InChI=1S/C40H54N4O5/c1-7-24-42(25-8-2)36(46)33-34-37(47)44(32(28-45)27-29-16-14-13-15-17-29)35(40(34)23-22-39(33,10-4)49-40)38(48)43(26-9-3)31-20-18-30(19-21-31)41(11-5)12-6/h7,9,13-21,32-35,45H,1,3,8,10-12,22-28H2,2,4-6H3/t32-,33+,34+,35?,39-,40?/m1/s1. The predicted octanol–water partition coefficient (Wildman–Crippen LogP) is 5.23. The Bertz CT molecular complexity index is 1490. The number of nitrogens with zero attached hydrogens (tertiary/aromatic N) is 4. The topological polar surface area (TPSA) is 93.6 Å². The first kappa shape index (κ1) is 36.3. The third-order valence-electron chi connectivity index (χ3n) is 11.1. The maximum Gasteiger partial charge on any atom is 0.253 e. The van der Waals surface area contributed by atoms with Crippen LogP contribution >= 0.6 is 0 Å². The van der Waals surface area contributed by atoms with Crippen molar-refractivity contribution in [2.24, 2.45) is 11.8 Å². The Morgan fingerprint density at radius 1 is 0.959 bits per heavy atom. The summed E-state index contributed by atoms with van der Waals surface area (Å²) < 4.78 is 7.09. The molecule has 0 aliphatic carbocycles. The van der Waals surface area contributed by atoms with Crippen LogP contribution in [-0.2, 0) is 25.5 Å². The molecule has 1 N–H and O–H groups in total. The van der Waals surface area contributed by atoms with Crippen molar-refractivity contribution in [1.29, 1.82) is 0 Å². The molecule has 5 rings (SSSR count). The van der Waals surface area contributed by atoms with Crippen LogP contribution in [0, 0.1) is 11.8 Å². The molecule has 9 nitrogen and oxygen atoms in total.